The van der Waals surface area contributed by atoms with Crippen molar-refractivity contribution in [1.29, 1.82) is 0 Å². The Kier molecular flexibility index (Phi) is 7.10. The molecule has 4 aromatic rings. The zero-order valence-electron chi connectivity index (χ0n) is 20.2. The van der Waals surface area contributed by atoms with Crippen LogP contribution in [0.1, 0.15) is 55.1 Å². The summed E-state index contributed by atoms with van der Waals surface area (Å²) >= 11 is 0. The number of carbonyl (C=O) groups excluding carboxylic acids is 1. The molecule has 1 aromatic heterocycles. The van der Waals surface area contributed by atoms with Gasteiger partial charge in [-0.1, -0.05) is 50.2 Å². The minimum absolute atomic E-state index is 0.00212. The third-order valence-corrected chi connectivity index (χ3v) is 5.66. The first-order valence-corrected chi connectivity index (χ1v) is 11.7. The number of fused-ring (bicyclic) bond motifs is 1. The molecule has 0 fully saturated rings. The molecule has 4 rings (SSSR count). The molecule has 0 atom stereocenters. The molecule has 0 aliphatic carbocycles. The number of amides is 1. The number of nitrogens with one attached hydrogen (secondary N) is 1. The van der Waals surface area contributed by atoms with Gasteiger partial charge >= 0.3 is 0 Å². The SMILES string of the molecule is CC(C)Oc1ccc2c(C(=O)NCc3ccc(F)c(F)c3)c(C(C)C)c(-c3ccccc3)nc2c1. The Balaban J connectivity index is 1.85. The zero-order valence-corrected chi connectivity index (χ0v) is 20.2. The van der Waals surface area contributed by atoms with Crippen LogP contribution >= 0.6 is 0 Å². The van der Waals surface area contributed by atoms with E-state index in [1.165, 1.54) is 6.07 Å². The smallest absolute Gasteiger partial charge is 0.252 e. The standard InChI is InChI=1S/C29H28F2N2O2/c1-17(2)26-27(29(34)32-16-19-10-13-23(30)24(31)14-19)22-12-11-21(35-18(3)4)15-25(22)33-28(26)20-8-6-5-7-9-20/h5-15,17-18H,16H2,1-4H3,(H,32,34). The van der Waals surface area contributed by atoms with E-state index in [1.807, 2.05) is 76.2 Å². The number of hydrogen-bond donors (Lipinski definition) is 1. The summed E-state index contributed by atoms with van der Waals surface area (Å²) in [5, 5.41) is 3.59. The highest BCUT2D eigenvalue weighted by Gasteiger charge is 2.24. The Labute approximate surface area is 204 Å². The highest BCUT2D eigenvalue weighted by atomic mass is 19.2. The summed E-state index contributed by atoms with van der Waals surface area (Å²) in [5.74, 6) is -1.50. The largest absolute Gasteiger partial charge is 0.491 e. The minimum Gasteiger partial charge on any atom is -0.491 e. The van der Waals surface area contributed by atoms with Crippen LogP contribution in [0.5, 0.6) is 5.75 Å². The summed E-state index contributed by atoms with van der Waals surface area (Å²) in [6.45, 7) is 8.01. The first-order valence-electron chi connectivity index (χ1n) is 11.7. The molecule has 0 saturated heterocycles. The van der Waals surface area contributed by atoms with Gasteiger partial charge < -0.3 is 10.1 Å². The highest BCUT2D eigenvalue weighted by Crippen LogP contribution is 2.36. The van der Waals surface area contributed by atoms with Gasteiger partial charge in [0.15, 0.2) is 11.6 Å². The van der Waals surface area contributed by atoms with Crippen molar-refractivity contribution in [3.63, 3.8) is 0 Å². The lowest BCUT2D eigenvalue weighted by molar-refractivity contribution is 0.0951. The monoisotopic (exact) mass is 474 g/mol. The molecule has 1 N–H and O–H groups in total. The Hall–Kier alpha value is -3.80. The fraction of sp³-hybridized carbons (Fsp3) is 0.241. The summed E-state index contributed by atoms with van der Waals surface area (Å²) in [4.78, 5) is 18.6. The predicted molar refractivity (Wildman–Crippen MR) is 135 cm³/mol. The maximum atomic E-state index is 13.7. The van der Waals surface area contributed by atoms with E-state index >= 15 is 0 Å². The second-order valence-corrected chi connectivity index (χ2v) is 9.05. The number of carbonyl (C=O) groups is 1. The Bertz CT molecular complexity index is 1370. The number of rotatable bonds is 7. The molecule has 1 amide bonds. The van der Waals surface area contributed by atoms with Gasteiger partial charge in [0.1, 0.15) is 5.75 Å². The van der Waals surface area contributed by atoms with Crippen molar-refractivity contribution < 1.29 is 18.3 Å². The molecule has 0 aliphatic heterocycles. The van der Waals surface area contributed by atoms with Crippen molar-refractivity contribution in [2.24, 2.45) is 0 Å². The maximum Gasteiger partial charge on any atom is 0.252 e. The quantitative estimate of drug-likeness (QED) is 0.313. The van der Waals surface area contributed by atoms with E-state index < -0.39 is 11.6 Å². The van der Waals surface area contributed by atoms with Crippen LogP contribution in [0.3, 0.4) is 0 Å². The normalized spacial score (nSPS) is 11.3. The molecule has 0 spiro atoms. The summed E-state index contributed by atoms with van der Waals surface area (Å²) in [6.07, 6.45) is -0.00476. The number of hydrogen-bond acceptors (Lipinski definition) is 3. The molecular weight excluding hydrogens is 446 g/mol. The van der Waals surface area contributed by atoms with Crippen molar-refractivity contribution in [2.45, 2.75) is 46.3 Å². The van der Waals surface area contributed by atoms with Crippen molar-refractivity contribution in [3.05, 3.63) is 95.1 Å². The average Bonchev–Trinajstić information content (AvgIpc) is 2.83. The van der Waals surface area contributed by atoms with E-state index in [9.17, 15) is 13.6 Å². The lowest BCUT2D eigenvalue weighted by Crippen LogP contribution is -2.25. The molecule has 0 aliphatic rings. The van der Waals surface area contributed by atoms with Gasteiger partial charge in [0.05, 0.1) is 22.9 Å². The second-order valence-electron chi connectivity index (χ2n) is 9.05. The Morgan fingerprint density at radius 3 is 2.34 bits per heavy atom. The number of pyridine rings is 1. The van der Waals surface area contributed by atoms with Gasteiger partial charge in [-0.3, -0.25) is 4.79 Å². The molecule has 6 heteroatoms. The van der Waals surface area contributed by atoms with Crippen LogP contribution in [0.15, 0.2) is 66.7 Å². The van der Waals surface area contributed by atoms with E-state index in [1.54, 1.807) is 0 Å². The van der Waals surface area contributed by atoms with Crippen LogP contribution in [0, 0.1) is 11.6 Å². The number of nitrogens with zero attached hydrogens (tertiary/aromatic N) is 1. The Morgan fingerprint density at radius 1 is 0.943 bits per heavy atom. The van der Waals surface area contributed by atoms with Crippen LogP contribution in [-0.4, -0.2) is 17.0 Å². The van der Waals surface area contributed by atoms with Gasteiger partial charge in [-0.15, -0.1) is 0 Å². The second kappa shape index (κ2) is 10.2. The molecule has 3 aromatic carbocycles. The fourth-order valence-corrected chi connectivity index (χ4v) is 4.15. The molecule has 0 radical (unpaired) electrons. The van der Waals surface area contributed by atoms with Crippen LogP contribution in [0.2, 0.25) is 0 Å². The summed E-state index contributed by atoms with van der Waals surface area (Å²) in [5.41, 5.74) is 4.09. The molecular formula is C29H28F2N2O2. The summed E-state index contributed by atoms with van der Waals surface area (Å²) in [7, 11) is 0. The zero-order chi connectivity index (χ0) is 25.1. The third kappa shape index (κ3) is 5.32. The first-order chi connectivity index (χ1) is 16.7. The van der Waals surface area contributed by atoms with Gasteiger partial charge in [0.25, 0.3) is 5.91 Å². The van der Waals surface area contributed by atoms with E-state index in [4.69, 9.17) is 9.72 Å². The summed E-state index contributed by atoms with van der Waals surface area (Å²) < 4.78 is 32.8. The number of halogens is 2. The molecule has 0 unspecified atom stereocenters. The van der Waals surface area contributed by atoms with Crippen molar-refractivity contribution in [2.75, 3.05) is 0 Å². The number of benzene rings is 3. The molecule has 1 heterocycles. The van der Waals surface area contributed by atoms with Crippen molar-refractivity contribution in [1.82, 2.24) is 10.3 Å². The lowest BCUT2D eigenvalue weighted by Gasteiger charge is -2.20. The molecule has 180 valence electrons. The molecule has 35 heavy (non-hydrogen) atoms. The van der Waals surface area contributed by atoms with Gasteiger partial charge in [0.2, 0.25) is 0 Å². The number of ether oxygens (including phenoxy) is 1. The van der Waals surface area contributed by atoms with Gasteiger partial charge in [-0.05, 0) is 55.2 Å². The van der Waals surface area contributed by atoms with Crippen LogP contribution in [0.25, 0.3) is 22.2 Å². The lowest BCUT2D eigenvalue weighted by atomic mass is 9.89. The molecule has 4 nitrogen and oxygen atoms in total. The highest BCUT2D eigenvalue weighted by molar-refractivity contribution is 6.09. The van der Waals surface area contributed by atoms with Crippen LogP contribution in [-0.2, 0) is 6.54 Å². The van der Waals surface area contributed by atoms with Crippen molar-refractivity contribution in [3.8, 4) is 17.0 Å². The van der Waals surface area contributed by atoms with Crippen LogP contribution in [0.4, 0.5) is 8.78 Å². The van der Waals surface area contributed by atoms with E-state index in [0.717, 1.165) is 29.0 Å². The van der Waals surface area contributed by atoms with E-state index in [0.29, 0.717) is 27.8 Å². The maximum absolute atomic E-state index is 13.7. The molecule has 0 bridgehead atoms. The predicted octanol–water partition coefficient (Wildman–Crippen LogP) is 7.02. The third-order valence-electron chi connectivity index (χ3n) is 5.66. The first kappa shape index (κ1) is 24.3. The van der Waals surface area contributed by atoms with E-state index in [-0.39, 0.29) is 24.5 Å². The van der Waals surface area contributed by atoms with E-state index in [2.05, 4.69) is 5.32 Å². The average molecular weight is 475 g/mol. The van der Waals surface area contributed by atoms with Crippen molar-refractivity contribution >= 4 is 16.8 Å². The van der Waals surface area contributed by atoms with Gasteiger partial charge in [-0.25, -0.2) is 13.8 Å². The van der Waals surface area contributed by atoms with Gasteiger partial charge in [0, 0.05) is 23.6 Å². The van der Waals surface area contributed by atoms with Crippen LogP contribution < -0.4 is 10.1 Å². The molecule has 0 saturated carbocycles. The number of aromatic nitrogens is 1. The minimum atomic E-state index is -0.946. The fourth-order valence-electron chi connectivity index (χ4n) is 4.15. The Morgan fingerprint density at radius 2 is 1.69 bits per heavy atom. The van der Waals surface area contributed by atoms with Gasteiger partial charge in [-0.2, -0.15) is 0 Å². The topological polar surface area (TPSA) is 51.2 Å². The summed E-state index contributed by atoms with van der Waals surface area (Å²) in [6, 6.07) is 18.9.